The van der Waals surface area contributed by atoms with Gasteiger partial charge in [0.25, 0.3) is 5.91 Å². The molecule has 0 saturated heterocycles. The van der Waals surface area contributed by atoms with Gasteiger partial charge in [-0.1, -0.05) is 12.1 Å². The van der Waals surface area contributed by atoms with E-state index in [1.807, 2.05) is 12.1 Å². The van der Waals surface area contributed by atoms with Crippen LogP contribution in [0.2, 0.25) is 0 Å². The van der Waals surface area contributed by atoms with Gasteiger partial charge < -0.3 is 16.0 Å². The molecule has 1 unspecified atom stereocenters. The van der Waals surface area contributed by atoms with Crippen molar-refractivity contribution >= 4 is 24.2 Å². The van der Waals surface area contributed by atoms with E-state index in [0.29, 0.717) is 18.5 Å². The number of amides is 2. The lowest BCUT2D eigenvalue weighted by molar-refractivity contribution is -0.121. The molecule has 2 amide bonds. The van der Waals surface area contributed by atoms with E-state index < -0.39 is 0 Å². The highest BCUT2D eigenvalue weighted by atomic mass is 35.5. The van der Waals surface area contributed by atoms with Gasteiger partial charge in [-0.3, -0.25) is 9.59 Å². The van der Waals surface area contributed by atoms with Crippen molar-refractivity contribution in [3.8, 4) is 0 Å². The van der Waals surface area contributed by atoms with Gasteiger partial charge in [0.05, 0.1) is 0 Å². The van der Waals surface area contributed by atoms with Gasteiger partial charge in [-0.25, -0.2) is 0 Å². The van der Waals surface area contributed by atoms with Crippen LogP contribution in [0.4, 0.5) is 0 Å². The second-order valence-corrected chi connectivity index (χ2v) is 4.85. The minimum atomic E-state index is -0.139. The van der Waals surface area contributed by atoms with Gasteiger partial charge in [0, 0.05) is 38.7 Å². The Kier molecular flexibility index (Phi) is 7.87. The van der Waals surface area contributed by atoms with Crippen molar-refractivity contribution in [1.29, 1.82) is 0 Å². The Morgan fingerprint density at radius 3 is 2.25 bits per heavy atom. The van der Waals surface area contributed by atoms with Crippen LogP contribution in [0.25, 0.3) is 0 Å². The van der Waals surface area contributed by atoms with Crippen molar-refractivity contribution < 1.29 is 9.59 Å². The van der Waals surface area contributed by atoms with Crippen LogP contribution in [0.15, 0.2) is 24.3 Å². The molecule has 0 aliphatic heterocycles. The highest BCUT2D eigenvalue weighted by molar-refractivity contribution is 5.93. The largest absolute Gasteiger partial charge is 0.352 e. The minimum Gasteiger partial charge on any atom is -0.352 e. The van der Waals surface area contributed by atoms with Gasteiger partial charge in [0.2, 0.25) is 5.91 Å². The number of carbonyl (C=O) groups excluding carboxylic acids is 2. The molecule has 20 heavy (non-hydrogen) atoms. The molecule has 1 atom stereocenters. The Morgan fingerprint density at radius 1 is 1.25 bits per heavy atom. The van der Waals surface area contributed by atoms with Crippen LogP contribution in [0.3, 0.4) is 0 Å². The van der Waals surface area contributed by atoms with Crippen molar-refractivity contribution in [3.63, 3.8) is 0 Å². The number of benzene rings is 1. The summed E-state index contributed by atoms with van der Waals surface area (Å²) in [4.78, 5) is 24.7. The lowest BCUT2D eigenvalue weighted by atomic mass is 10.1. The molecular formula is C14H22ClN3O2. The summed E-state index contributed by atoms with van der Waals surface area (Å²) in [5, 5.41) is 2.79. The summed E-state index contributed by atoms with van der Waals surface area (Å²) in [5.41, 5.74) is 7.13. The van der Waals surface area contributed by atoms with E-state index in [2.05, 4.69) is 5.32 Å². The average Bonchev–Trinajstić information content (AvgIpc) is 2.35. The molecule has 0 aromatic heterocycles. The van der Waals surface area contributed by atoms with Gasteiger partial charge in [0.15, 0.2) is 0 Å². The Hall–Kier alpha value is -1.59. The Morgan fingerprint density at radius 2 is 1.80 bits per heavy atom. The summed E-state index contributed by atoms with van der Waals surface area (Å²) < 4.78 is 0. The summed E-state index contributed by atoms with van der Waals surface area (Å²) in [6.45, 7) is 2.24. The zero-order valence-corrected chi connectivity index (χ0v) is 12.9. The number of rotatable bonds is 5. The van der Waals surface area contributed by atoms with Gasteiger partial charge in [-0.15, -0.1) is 12.4 Å². The first-order chi connectivity index (χ1) is 8.90. The molecule has 1 rings (SSSR count). The van der Waals surface area contributed by atoms with E-state index in [9.17, 15) is 9.59 Å². The van der Waals surface area contributed by atoms with Crippen molar-refractivity contribution in [2.24, 2.45) is 5.73 Å². The third-order valence-corrected chi connectivity index (χ3v) is 2.60. The maximum atomic E-state index is 11.7. The third kappa shape index (κ3) is 6.04. The van der Waals surface area contributed by atoms with E-state index in [1.54, 1.807) is 33.2 Å². The summed E-state index contributed by atoms with van der Waals surface area (Å²) in [7, 11) is 3.43. The molecule has 6 heteroatoms. The standard InChI is InChI=1S/C14H21N3O2.ClH/c1-10(15)8-13(18)16-9-11-4-6-12(7-5-11)14(19)17(2)3;/h4-7,10H,8-9,15H2,1-3H3,(H,16,18);1H. The van der Waals surface area contributed by atoms with Crippen molar-refractivity contribution in [2.45, 2.75) is 25.9 Å². The Labute approximate surface area is 125 Å². The number of halogens is 1. The fraction of sp³-hybridized carbons (Fsp3) is 0.429. The van der Waals surface area contributed by atoms with Gasteiger partial charge in [0.1, 0.15) is 0 Å². The smallest absolute Gasteiger partial charge is 0.253 e. The van der Waals surface area contributed by atoms with E-state index >= 15 is 0 Å². The Balaban J connectivity index is 0.00000361. The molecule has 5 nitrogen and oxygen atoms in total. The van der Waals surface area contributed by atoms with Crippen molar-refractivity contribution in [2.75, 3.05) is 14.1 Å². The lowest BCUT2D eigenvalue weighted by Gasteiger charge is -2.11. The molecule has 0 heterocycles. The maximum absolute atomic E-state index is 11.7. The lowest BCUT2D eigenvalue weighted by Crippen LogP contribution is -2.29. The summed E-state index contributed by atoms with van der Waals surface area (Å²) in [6, 6.07) is 7.05. The van der Waals surface area contributed by atoms with Gasteiger partial charge >= 0.3 is 0 Å². The van der Waals surface area contributed by atoms with Gasteiger partial charge in [-0.2, -0.15) is 0 Å². The second-order valence-electron chi connectivity index (χ2n) is 4.85. The first-order valence-corrected chi connectivity index (χ1v) is 6.23. The molecule has 0 spiro atoms. The number of hydrogen-bond donors (Lipinski definition) is 2. The molecule has 0 aliphatic rings. The van der Waals surface area contributed by atoms with Gasteiger partial charge in [-0.05, 0) is 24.6 Å². The van der Waals surface area contributed by atoms with E-state index in [4.69, 9.17) is 5.73 Å². The number of carbonyl (C=O) groups is 2. The molecule has 0 saturated carbocycles. The summed E-state index contributed by atoms with van der Waals surface area (Å²) in [5.74, 6) is -0.101. The third-order valence-electron chi connectivity index (χ3n) is 2.60. The quantitative estimate of drug-likeness (QED) is 0.857. The number of nitrogens with one attached hydrogen (secondary N) is 1. The zero-order valence-electron chi connectivity index (χ0n) is 12.1. The minimum absolute atomic E-state index is 0. The predicted octanol–water partition coefficient (Wildman–Crippen LogP) is 1.16. The fourth-order valence-corrected chi connectivity index (χ4v) is 1.59. The van der Waals surface area contributed by atoms with Crippen molar-refractivity contribution in [3.05, 3.63) is 35.4 Å². The van der Waals surface area contributed by atoms with E-state index in [0.717, 1.165) is 5.56 Å². The van der Waals surface area contributed by atoms with E-state index in [-0.39, 0.29) is 30.3 Å². The molecule has 3 N–H and O–H groups in total. The first kappa shape index (κ1) is 18.4. The zero-order chi connectivity index (χ0) is 14.4. The van der Waals surface area contributed by atoms with Crippen LogP contribution in [-0.2, 0) is 11.3 Å². The number of hydrogen-bond acceptors (Lipinski definition) is 3. The normalized spacial score (nSPS) is 11.2. The SMILES string of the molecule is CC(N)CC(=O)NCc1ccc(C(=O)N(C)C)cc1.Cl. The van der Waals surface area contributed by atoms with Crippen LogP contribution in [0.5, 0.6) is 0 Å². The number of nitrogens with zero attached hydrogens (tertiary/aromatic N) is 1. The predicted molar refractivity (Wildman–Crippen MR) is 81.8 cm³/mol. The molecule has 0 radical (unpaired) electrons. The number of nitrogens with two attached hydrogens (primary N) is 1. The van der Waals surface area contributed by atoms with Crippen LogP contribution >= 0.6 is 12.4 Å². The average molecular weight is 300 g/mol. The molecule has 1 aromatic carbocycles. The van der Waals surface area contributed by atoms with Crippen LogP contribution in [-0.4, -0.2) is 36.9 Å². The highest BCUT2D eigenvalue weighted by Crippen LogP contribution is 2.06. The monoisotopic (exact) mass is 299 g/mol. The van der Waals surface area contributed by atoms with Crippen molar-refractivity contribution in [1.82, 2.24) is 10.2 Å². The van der Waals surface area contributed by atoms with Crippen LogP contribution < -0.4 is 11.1 Å². The summed E-state index contributed by atoms with van der Waals surface area (Å²) >= 11 is 0. The molecule has 0 bridgehead atoms. The van der Waals surface area contributed by atoms with E-state index in [1.165, 1.54) is 4.90 Å². The molecular weight excluding hydrogens is 278 g/mol. The molecule has 112 valence electrons. The molecule has 0 fully saturated rings. The van der Waals surface area contributed by atoms with Crippen LogP contribution in [0, 0.1) is 0 Å². The maximum Gasteiger partial charge on any atom is 0.253 e. The topological polar surface area (TPSA) is 75.4 Å². The highest BCUT2D eigenvalue weighted by Gasteiger charge is 2.08. The molecule has 0 aliphatic carbocycles. The summed E-state index contributed by atoms with van der Waals surface area (Å²) in [6.07, 6.45) is 0.317. The Bertz CT molecular complexity index is 444. The van der Waals surface area contributed by atoms with Crippen LogP contribution in [0.1, 0.15) is 29.3 Å². The molecule has 1 aromatic rings. The fourth-order valence-electron chi connectivity index (χ4n) is 1.59. The second kappa shape index (κ2) is 8.55. The first-order valence-electron chi connectivity index (χ1n) is 6.23.